The van der Waals surface area contributed by atoms with Gasteiger partial charge < -0.3 is 15.1 Å². The molecule has 0 atom stereocenters. The lowest BCUT2D eigenvalue weighted by Gasteiger charge is -2.04. The highest BCUT2D eigenvalue weighted by Gasteiger charge is 2.16. The van der Waals surface area contributed by atoms with Crippen molar-refractivity contribution in [3.05, 3.63) is 67.7 Å². The Morgan fingerprint density at radius 2 is 1.90 bits per heavy atom. The lowest BCUT2D eigenvalue weighted by Crippen LogP contribution is -2.19. The summed E-state index contributed by atoms with van der Waals surface area (Å²) >= 11 is 18.4. The lowest BCUT2D eigenvalue weighted by molar-refractivity contribution is 0.0955. The summed E-state index contributed by atoms with van der Waals surface area (Å²) in [6.45, 7) is 1.70. The molecule has 4 aromatic rings. The molecule has 0 spiro atoms. The van der Waals surface area contributed by atoms with Crippen molar-refractivity contribution in [2.45, 2.75) is 6.92 Å². The molecule has 4 rings (SSSR count). The van der Waals surface area contributed by atoms with Gasteiger partial charge in [0.25, 0.3) is 5.91 Å². The number of aromatic amines is 2. The first-order valence-electron chi connectivity index (χ1n) is 8.66. The number of fused-ring (bicyclic) bond motifs is 1. The number of hydrazone groups is 1. The summed E-state index contributed by atoms with van der Waals surface area (Å²) in [6, 6.07) is 10.3. The average Bonchev–Trinajstić information content (AvgIpc) is 3.29. The Hall–Kier alpha value is -2.65. The zero-order chi connectivity index (χ0) is 21.4. The molecule has 0 saturated carbocycles. The molecule has 6 nitrogen and oxygen atoms in total. The van der Waals surface area contributed by atoms with Gasteiger partial charge in [-0.3, -0.25) is 4.79 Å². The molecular formula is C20H14Cl2N4O2S2. The van der Waals surface area contributed by atoms with Crippen LogP contribution in [0.2, 0.25) is 10.0 Å². The zero-order valence-electron chi connectivity index (χ0n) is 15.4. The molecule has 0 aliphatic carbocycles. The van der Waals surface area contributed by atoms with Crippen LogP contribution < -0.4 is 5.43 Å². The maximum Gasteiger partial charge on any atom is 0.271 e. The quantitative estimate of drug-likeness (QED) is 0.162. The highest BCUT2D eigenvalue weighted by Crippen LogP contribution is 2.40. The van der Waals surface area contributed by atoms with Crippen LogP contribution in [-0.2, 0) is 0 Å². The number of benzene rings is 2. The molecule has 4 N–H and O–H groups in total. The molecule has 30 heavy (non-hydrogen) atoms. The van der Waals surface area contributed by atoms with Crippen molar-refractivity contribution in [1.29, 1.82) is 0 Å². The molecule has 0 aliphatic heterocycles. The van der Waals surface area contributed by atoms with Gasteiger partial charge in [-0.15, -0.1) is 11.3 Å². The fraction of sp³-hybridized carbons (Fsp3) is 0.0500. The molecule has 0 radical (unpaired) electrons. The lowest BCUT2D eigenvalue weighted by atomic mass is 10.1. The average molecular weight is 477 g/mol. The minimum Gasteiger partial charge on any atom is -0.506 e. The van der Waals surface area contributed by atoms with Crippen LogP contribution in [0.1, 0.15) is 22.8 Å². The molecular weight excluding hydrogens is 463 g/mol. The molecule has 0 unspecified atom stereocenters. The number of hydrogen-bond donors (Lipinski definition) is 4. The number of rotatable bonds is 4. The summed E-state index contributed by atoms with van der Waals surface area (Å²) in [5, 5.41) is 17.4. The second-order valence-electron chi connectivity index (χ2n) is 6.43. The Bertz CT molecular complexity index is 1370. The van der Waals surface area contributed by atoms with E-state index in [1.165, 1.54) is 11.3 Å². The second kappa shape index (κ2) is 8.23. The number of H-pyrrole nitrogens is 2. The van der Waals surface area contributed by atoms with Gasteiger partial charge in [0.1, 0.15) is 5.75 Å². The van der Waals surface area contributed by atoms with E-state index in [9.17, 15) is 9.90 Å². The number of nitrogens with zero attached hydrogens (tertiary/aromatic N) is 1. The number of hydrogen-bond acceptors (Lipinski definition) is 5. The molecule has 2 heterocycles. The van der Waals surface area contributed by atoms with Gasteiger partial charge in [-0.05, 0) is 55.0 Å². The van der Waals surface area contributed by atoms with Crippen LogP contribution in [0.3, 0.4) is 0 Å². The zero-order valence-corrected chi connectivity index (χ0v) is 18.6. The summed E-state index contributed by atoms with van der Waals surface area (Å²) in [7, 11) is 0. The molecule has 1 amide bonds. The molecule has 152 valence electrons. The third-order valence-electron chi connectivity index (χ3n) is 4.44. The van der Waals surface area contributed by atoms with Gasteiger partial charge in [0, 0.05) is 10.9 Å². The molecule has 10 heteroatoms. The molecule has 0 fully saturated rings. The normalized spacial score (nSPS) is 11.8. The number of thiophene rings is 1. The van der Waals surface area contributed by atoms with Crippen LogP contribution >= 0.6 is 46.8 Å². The van der Waals surface area contributed by atoms with Crippen LogP contribution in [0.25, 0.3) is 21.5 Å². The fourth-order valence-electron chi connectivity index (χ4n) is 2.88. The van der Waals surface area contributed by atoms with E-state index in [0.717, 1.165) is 16.6 Å². The number of carbonyl (C=O) groups is 1. The van der Waals surface area contributed by atoms with E-state index >= 15 is 0 Å². The van der Waals surface area contributed by atoms with E-state index in [4.69, 9.17) is 35.4 Å². The minimum atomic E-state index is -0.379. The first-order valence-corrected chi connectivity index (χ1v) is 10.7. The highest BCUT2D eigenvalue weighted by atomic mass is 35.5. The van der Waals surface area contributed by atoms with E-state index in [-0.39, 0.29) is 11.7 Å². The largest absolute Gasteiger partial charge is 0.506 e. The van der Waals surface area contributed by atoms with Gasteiger partial charge >= 0.3 is 0 Å². The summed E-state index contributed by atoms with van der Waals surface area (Å²) in [6.07, 6.45) is 0. The summed E-state index contributed by atoms with van der Waals surface area (Å²) in [5.74, 6) is -0.314. The minimum absolute atomic E-state index is 0.0650. The Labute approximate surface area is 190 Å². The van der Waals surface area contributed by atoms with Crippen molar-refractivity contribution >= 4 is 69.4 Å². The number of aromatic hydroxyl groups is 1. The Morgan fingerprint density at radius 1 is 1.13 bits per heavy atom. The summed E-state index contributed by atoms with van der Waals surface area (Å²) < 4.78 is 0.488. The topological polar surface area (TPSA) is 93.3 Å². The van der Waals surface area contributed by atoms with Crippen molar-refractivity contribution in [2.75, 3.05) is 0 Å². The number of nitrogens with one attached hydrogen (secondary N) is 3. The predicted molar refractivity (Wildman–Crippen MR) is 125 cm³/mol. The second-order valence-corrected chi connectivity index (χ2v) is 8.54. The first kappa shape index (κ1) is 20.6. The van der Waals surface area contributed by atoms with Crippen LogP contribution in [0.4, 0.5) is 0 Å². The number of halogens is 2. The highest BCUT2D eigenvalue weighted by molar-refractivity contribution is 7.71. The predicted octanol–water partition coefficient (Wildman–Crippen LogP) is 6.12. The molecule has 2 aromatic heterocycles. The SMILES string of the molecule is C/C(=N\NC(=O)c1ccc2[nH]c(=S)[nH]c2c1)c1csc(-c2ccc(Cl)c(Cl)c2)c1O. The van der Waals surface area contributed by atoms with Gasteiger partial charge in [0.2, 0.25) is 0 Å². The fourth-order valence-corrected chi connectivity index (χ4v) is 4.40. The maximum atomic E-state index is 12.5. The van der Waals surface area contributed by atoms with Crippen LogP contribution in [0.15, 0.2) is 46.9 Å². The summed E-state index contributed by atoms with van der Waals surface area (Å²) in [5.41, 5.74) is 6.21. The molecule has 0 saturated heterocycles. The van der Waals surface area contributed by atoms with Crippen molar-refractivity contribution in [2.24, 2.45) is 5.10 Å². The van der Waals surface area contributed by atoms with E-state index < -0.39 is 0 Å². The van der Waals surface area contributed by atoms with Crippen molar-refractivity contribution in [3.8, 4) is 16.2 Å². The van der Waals surface area contributed by atoms with Gasteiger partial charge in [0.05, 0.1) is 37.2 Å². The Kier molecular flexibility index (Phi) is 5.66. The van der Waals surface area contributed by atoms with E-state index in [2.05, 4.69) is 20.5 Å². The Morgan fingerprint density at radius 3 is 2.67 bits per heavy atom. The molecule has 2 aromatic carbocycles. The van der Waals surface area contributed by atoms with Crippen molar-refractivity contribution in [3.63, 3.8) is 0 Å². The van der Waals surface area contributed by atoms with Crippen LogP contribution in [-0.4, -0.2) is 26.7 Å². The van der Waals surface area contributed by atoms with E-state index in [1.807, 2.05) is 0 Å². The van der Waals surface area contributed by atoms with Gasteiger partial charge in [-0.1, -0.05) is 29.3 Å². The molecule has 0 aliphatic rings. The van der Waals surface area contributed by atoms with Crippen LogP contribution in [0.5, 0.6) is 5.75 Å². The standard InChI is InChI=1S/C20H14Cl2N4O2S2/c1-9(12-8-30-18(17(12)27)10-2-4-13(21)14(22)6-10)25-26-19(28)11-3-5-15-16(7-11)24-20(29)23-15/h2-8,27H,1H3,(H,26,28)(H2,23,24,29)/b25-9+. The number of imidazole rings is 1. The Balaban J connectivity index is 1.55. The maximum absolute atomic E-state index is 12.5. The number of carbonyl (C=O) groups excluding carboxylic acids is 1. The third-order valence-corrected chi connectivity index (χ3v) is 6.40. The van der Waals surface area contributed by atoms with Crippen LogP contribution in [0, 0.1) is 4.77 Å². The summed E-state index contributed by atoms with van der Waals surface area (Å²) in [4.78, 5) is 19.0. The smallest absolute Gasteiger partial charge is 0.271 e. The third kappa shape index (κ3) is 3.99. The van der Waals surface area contributed by atoms with Gasteiger partial charge in [-0.2, -0.15) is 5.10 Å². The van der Waals surface area contributed by atoms with E-state index in [0.29, 0.717) is 36.5 Å². The monoisotopic (exact) mass is 476 g/mol. The molecule has 0 bridgehead atoms. The van der Waals surface area contributed by atoms with Crippen molar-refractivity contribution < 1.29 is 9.90 Å². The van der Waals surface area contributed by atoms with Gasteiger partial charge in [-0.25, -0.2) is 5.43 Å². The van der Waals surface area contributed by atoms with E-state index in [1.54, 1.807) is 48.7 Å². The number of amides is 1. The first-order chi connectivity index (χ1) is 14.3. The number of aromatic nitrogens is 2. The van der Waals surface area contributed by atoms with Gasteiger partial charge in [0.15, 0.2) is 4.77 Å². The van der Waals surface area contributed by atoms with Crippen molar-refractivity contribution in [1.82, 2.24) is 15.4 Å².